The fraction of sp³-hybridized carbons (Fsp3) is 0.600. The molecule has 0 radical (unpaired) electrons. The van der Waals surface area contributed by atoms with Crippen molar-refractivity contribution >= 4 is 0 Å². The molecule has 1 aromatic rings. The minimum atomic E-state index is 0.447. The van der Waals surface area contributed by atoms with Gasteiger partial charge >= 0.3 is 0 Å². The van der Waals surface area contributed by atoms with Gasteiger partial charge in [-0.3, -0.25) is 0 Å². The maximum absolute atomic E-state index is 3.95. The maximum atomic E-state index is 3.95. The van der Waals surface area contributed by atoms with E-state index in [0.29, 0.717) is 17.9 Å². The minimum Gasteiger partial charge on any atom is -0.381 e. The molecular formula is C25H39N. The quantitative estimate of drug-likeness (QED) is 0.522. The van der Waals surface area contributed by atoms with Crippen molar-refractivity contribution < 1.29 is 0 Å². The number of allylic oxidation sites excluding steroid dienone is 4. The van der Waals surface area contributed by atoms with E-state index >= 15 is 0 Å². The Labute approximate surface area is 162 Å². The summed E-state index contributed by atoms with van der Waals surface area (Å²) in [7, 11) is 0. The van der Waals surface area contributed by atoms with Gasteiger partial charge in [-0.15, -0.1) is 0 Å². The van der Waals surface area contributed by atoms with E-state index in [1.54, 1.807) is 0 Å². The monoisotopic (exact) mass is 353 g/mol. The van der Waals surface area contributed by atoms with Crippen molar-refractivity contribution in [1.82, 2.24) is 5.32 Å². The summed E-state index contributed by atoms with van der Waals surface area (Å²) in [6.45, 7) is 13.8. The zero-order valence-electron chi connectivity index (χ0n) is 17.9. The number of aryl methyl sites for hydroxylation is 1. The van der Waals surface area contributed by atoms with E-state index in [1.165, 1.54) is 66.5 Å². The molecule has 1 fully saturated rings. The molecule has 3 atom stereocenters. The maximum Gasteiger partial charge on any atom is 0.0510 e. The predicted octanol–water partition coefficient (Wildman–Crippen LogP) is 7.49. The highest BCUT2D eigenvalue weighted by Gasteiger charge is 2.23. The van der Waals surface area contributed by atoms with Crippen LogP contribution in [0.4, 0.5) is 0 Å². The number of unbranched alkanes of at least 4 members (excludes halogenated alkanes) is 1. The Bertz CT molecular complexity index is 620. The van der Waals surface area contributed by atoms with E-state index in [9.17, 15) is 0 Å². The van der Waals surface area contributed by atoms with Crippen LogP contribution in [0.1, 0.15) is 90.3 Å². The first-order valence-corrected chi connectivity index (χ1v) is 10.6. The van der Waals surface area contributed by atoms with Gasteiger partial charge in [-0.1, -0.05) is 75.1 Å². The fourth-order valence-electron chi connectivity index (χ4n) is 4.06. The molecule has 1 heteroatoms. The van der Waals surface area contributed by atoms with E-state index in [0.717, 1.165) is 0 Å². The summed E-state index contributed by atoms with van der Waals surface area (Å²) in [5.74, 6) is 1.13. The molecule has 1 heterocycles. The molecule has 144 valence electrons. The number of hydrogen-bond donors (Lipinski definition) is 1. The minimum absolute atomic E-state index is 0.447. The molecule has 1 N–H and O–H groups in total. The van der Waals surface area contributed by atoms with Crippen molar-refractivity contribution in [1.29, 1.82) is 0 Å². The first-order chi connectivity index (χ1) is 12.4. The topological polar surface area (TPSA) is 12.0 Å². The second-order valence-corrected chi connectivity index (χ2v) is 8.44. The molecule has 0 saturated carbocycles. The lowest BCUT2D eigenvalue weighted by Gasteiger charge is -2.25. The standard InChI is InChI=1S/C25H39N/c1-7-8-10-19(3)17-21(5)22(6)25-20(4)11-9-12-24(26-25)23-15-13-18(2)14-16-23/h13-17,20-21,24,26H,7-12H2,1-6H3/b19-17?,25-22+. The van der Waals surface area contributed by atoms with Crippen LogP contribution >= 0.6 is 0 Å². The van der Waals surface area contributed by atoms with Crippen LogP contribution < -0.4 is 5.32 Å². The van der Waals surface area contributed by atoms with Crippen LogP contribution in [0.2, 0.25) is 0 Å². The Hall–Kier alpha value is -1.50. The van der Waals surface area contributed by atoms with Crippen LogP contribution in [0, 0.1) is 18.8 Å². The molecule has 1 aromatic carbocycles. The second kappa shape index (κ2) is 10.00. The van der Waals surface area contributed by atoms with Gasteiger partial charge in [0.25, 0.3) is 0 Å². The highest BCUT2D eigenvalue weighted by atomic mass is 14.9. The summed E-state index contributed by atoms with van der Waals surface area (Å²) in [4.78, 5) is 0. The Morgan fingerprint density at radius 3 is 2.54 bits per heavy atom. The van der Waals surface area contributed by atoms with Crippen LogP contribution in [-0.4, -0.2) is 0 Å². The van der Waals surface area contributed by atoms with Gasteiger partial charge in [-0.25, -0.2) is 0 Å². The molecule has 26 heavy (non-hydrogen) atoms. The lowest BCUT2D eigenvalue weighted by Crippen LogP contribution is -2.24. The highest BCUT2D eigenvalue weighted by molar-refractivity contribution is 5.28. The molecule has 1 aliphatic rings. The van der Waals surface area contributed by atoms with Crippen LogP contribution in [0.15, 0.2) is 47.2 Å². The number of nitrogens with one attached hydrogen (secondary N) is 1. The van der Waals surface area contributed by atoms with Crippen molar-refractivity contribution in [3.8, 4) is 0 Å². The Kier molecular flexibility index (Phi) is 8.00. The molecule has 3 unspecified atom stereocenters. The first-order valence-electron chi connectivity index (χ1n) is 10.6. The second-order valence-electron chi connectivity index (χ2n) is 8.44. The average Bonchev–Trinajstić information content (AvgIpc) is 2.81. The van der Waals surface area contributed by atoms with Gasteiger partial charge in [-0.05, 0) is 69.4 Å². The lowest BCUT2D eigenvalue weighted by molar-refractivity contribution is 0.555. The molecule has 0 aromatic heterocycles. The van der Waals surface area contributed by atoms with Crippen molar-refractivity contribution in [3.63, 3.8) is 0 Å². The third-order valence-corrected chi connectivity index (χ3v) is 6.00. The van der Waals surface area contributed by atoms with E-state index in [2.05, 4.69) is 77.2 Å². The predicted molar refractivity (Wildman–Crippen MR) is 115 cm³/mol. The van der Waals surface area contributed by atoms with E-state index < -0.39 is 0 Å². The zero-order chi connectivity index (χ0) is 19.1. The third kappa shape index (κ3) is 5.76. The van der Waals surface area contributed by atoms with Crippen LogP contribution in [0.5, 0.6) is 0 Å². The van der Waals surface area contributed by atoms with Gasteiger partial charge < -0.3 is 5.32 Å². The van der Waals surface area contributed by atoms with Crippen LogP contribution in [0.25, 0.3) is 0 Å². The number of benzene rings is 1. The van der Waals surface area contributed by atoms with Crippen LogP contribution in [0.3, 0.4) is 0 Å². The molecule has 1 nitrogen and oxygen atoms in total. The van der Waals surface area contributed by atoms with Crippen molar-refractivity contribution in [2.45, 2.75) is 86.1 Å². The first kappa shape index (κ1) is 20.8. The van der Waals surface area contributed by atoms with Gasteiger partial charge in [0, 0.05) is 5.70 Å². The van der Waals surface area contributed by atoms with E-state index in [4.69, 9.17) is 0 Å². The summed E-state index contributed by atoms with van der Waals surface area (Å²) >= 11 is 0. The molecule has 0 spiro atoms. The largest absolute Gasteiger partial charge is 0.381 e. The van der Waals surface area contributed by atoms with Crippen molar-refractivity contribution in [2.24, 2.45) is 11.8 Å². The Morgan fingerprint density at radius 2 is 1.88 bits per heavy atom. The SMILES string of the molecule is CCCCC(C)=CC(C)/C(C)=C1/NC(c2ccc(C)cc2)CCCC1C. The molecule has 0 amide bonds. The molecule has 0 aliphatic carbocycles. The smallest absolute Gasteiger partial charge is 0.0510 e. The summed E-state index contributed by atoms with van der Waals surface area (Å²) in [5, 5.41) is 3.95. The number of rotatable bonds is 6. The summed E-state index contributed by atoms with van der Waals surface area (Å²) in [6, 6.07) is 9.53. The number of hydrogen-bond acceptors (Lipinski definition) is 1. The van der Waals surface area contributed by atoms with Crippen LogP contribution in [-0.2, 0) is 0 Å². The van der Waals surface area contributed by atoms with Crippen molar-refractivity contribution in [3.05, 3.63) is 58.3 Å². The Balaban J connectivity index is 2.22. The highest BCUT2D eigenvalue weighted by Crippen LogP contribution is 2.33. The van der Waals surface area contributed by atoms with Gasteiger partial charge in [0.15, 0.2) is 0 Å². The zero-order valence-corrected chi connectivity index (χ0v) is 17.9. The van der Waals surface area contributed by atoms with Gasteiger partial charge in [0.1, 0.15) is 0 Å². The molecule has 2 rings (SSSR count). The summed E-state index contributed by atoms with van der Waals surface area (Å²) in [6.07, 6.45) is 10.1. The molecule has 1 saturated heterocycles. The molecule has 0 bridgehead atoms. The average molecular weight is 354 g/mol. The van der Waals surface area contributed by atoms with E-state index in [-0.39, 0.29) is 0 Å². The normalized spacial score (nSPS) is 24.6. The third-order valence-electron chi connectivity index (χ3n) is 6.00. The molecule has 1 aliphatic heterocycles. The van der Waals surface area contributed by atoms with Gasteiger partial charge in [0.05, 0.1) is 6.04 Å². The summed E-state index contributed by atoms with van der Waals surface area (Å²) in [5.41, 5.74) is 7.31. The van der Waals surface area contributed by atoms with Crippen molar-refractivity contribution in [2.75, 3.05) is 0 Å². The Morgan fingerprint density at radius 1 is 1.19 bits per heavy atom. The van der Waals surface area contributed by atoms with E-state index in [1.807, 2.05) is 0 Å². The summed E-state index contributed by atoms with van der Waals surface area (Å²) < 4.78 is 0. The molecular weight excluding hydrogens is 314 g/mol. The van der Waals surface area contributed by atoms with Gasteiger partial charge in [-0.2, -0.15) is 0 Å². The fourth-order valence-corrected chi connectivity index (χ4v) is 4.06. The van der Waals surface area contributed by atoms with Gasteiger partial charge in [0.2, 0.25) is 0 Å². The lowest BCUT2D eigenvalue weighted by atomic mass is 9.91.